The van der Waals surface area contributed by atoms with Crippen molar-refractivity contribution in [2.75, 3.05) is 6.54 Å². The molecule has 2 aromatic rings. The van der Waals surface area contributed by atoms with Crippen LogP contribution in [0.15, 0.2) is 48.5 Å². The molecule has 19 heavy (non-hydrogen) atoms. The van der Waals surface area contributed by atoms with Gasteiger partial charge in [0.15, 0.2) is 0 Å². The Morgan fingerprint density at radius 3 is 2.53 bits per heavy atom. The Bertz CT molecular complexity index is 528. The maximum atomic E-state index is 9.50. The molecule has 0 radical (unpaired) electrons. The first kappa shape index (κ1) is 14.1. The van der Waals surface area contributed by atoms with Gasteiger partial charge in [-0.15, -0.1) is 0 Å². The molecule has 0 amide bonds. The van der Waals surface area contributed by atoms with Crippen molar-refractivity contribution in [2.45, 2.75) is 19.6 Å². The van der Waals surface area contributed by atoms with Gasteiger partial charge >= 0.3 is 0 Å². The molecular weight excluding hydrogens is 258 g/mol. The van der Waals surface area contributed by atoms with Crippen LogP contribution in [-0.4, -0.2) is 11.7 Å². The Kier molecular flexibility index (Phi) is 4.97. The molecule has 2 aromatic carbocycles. The number of nitrogens with one attached hydrogen (secondary N) is 1. The molecule has 1 unspecified atom stereocenters. The first-order valence-electron chi connectivity index (χ1n) is 6.43. The highest BCUT2D eigenvalue weighted by atomic mass is 35.5. The Morgan fingerprint density at radius 2 is 1.89 bits per heavy atom. The van der Waals surface area contributed by atoms with E-state index in [0.717, 1.165) is 17.7 Å². The normalized spacial score (nSPS) is 12.4. The summed E-state index contributed by atoms with van der Waals surface area (Å²) >= 11 is 6.10. The van der Waals surface area contributed by atoms with Gasteiger partial charge in [-0.3, -0.25) is 0 Å². The van der Waals surface area contributed by atoms with Crippen LogP contribution < -0.4 is 5.32 Å². The highest BCUT2D eigenvalue weighted by Crippen LogP contribution is 2.27. The summed E-state index contributed by atoms with van der Waals surface area (Å²) in [5, 5.41) is 13.6. The number of aliphatic hydroxyl groups is 1. The highest BCUT2D eigenvalue weighted by molar-refractivity contribution is 6.30. The summed E-state index contributed by atoms with van der Waals surface area (Å²) < 4.78 is 0. The van der Waals surface area contributed by atoms with Gasteiger partial charge in [-0.1, -0.05) is 54.9 Å². The van der Waals surface area contributed by atoms with Gasteiger partial charge in [0.2, 0.25) is 0 Å². The van der Waals surface area contributed by atoms with E-state index >= 15 is 0 Å². The molecule has 0 saturated heterocycles. The third-order valence-electron chi connectivity index (χ3n) is 3.13. The molecule has 0 heterocycles. The first-order chi connectivity index (χ1) is 9.26. The van der Waals surface area contributed by atoms with E-state index in [2.05, 4.69) is 24.4 Å². The Labute approximate surface area is 119 Å². The van der Waals surface area contributed by atoms with Crippen molar-refractivity contribution < 1.29 is 5.11 Å². The van der Waals surface area contributed by atoms with Gasteiger partial charge < -0.3 is 10.4 Å². The zero-order valence-corrected chi connectivity index (χ0v) is 11.7. The van der Waals surface area contributed by atoms with E-state index in [-0.39, 0.29) is 12.6 Å². The zero-order chi connectivity index (χ0) is 13.7. The number of rotatable bonds is 5. The van der Waals surface area contributed by atoms with E-state index in [1.165, 1.54) is 5.56 Å². The number of benzene rings is 2. The molecule has 0 saturated carbocycles. The average molecular weight is 276 g/mol. The molecule has 0 fully saturated rings. The van der Waals surface area contributed by atoms with Crippen LogP contribution in [0.3, 0.4) is 0 Å². The van der Waals surface area contributed by atoms with E-state index in [4.69, 9.17) is 11.6 Å². The van der Waals surface area contributed by atoms with Crippen LogP contribution in [-0.2, 0) is 6.61 Å². The lowest BCUT2D eigenvalue weighted by molar-refractivity contribution is 0.280. The van der Waals surface area contributed by atoms with Crippen LogP contribution >= 0.6 is 11.6 Å². The predicted molar refractivity (Wildman–Crippen MR) is 79.3 cm³/mol. The van der Waals surface area contributed by atoms with E-state index in [0.29, 0.717) is 5.02 Å². The molecule has 0 aliphatic rings. The second kappa shape index (κ2) is 6.71. The van der Waals surface area contributed by atoms with Crippen molar-refractivity contribution in [3.63, 3.8) is 0 Å². The monoisotopic (exact) mass is 275 g/mol. The lowest BCUT2D eigenvalue weighted by atomic mass is 9.94. The van der Waals surface area contributed by atoms with Crippen molar-refractivity contribution in [3.8, 4) is 0 Å². The molecule has 100 valence electrons. The number of halogens is 1. The van der Waals surface area contributed by atoms with Crippen molar-refractivity contribution in [2.24, 2.45) is 0 Å². The molecule has 0 aliphatic heterocycles. The summed E-state index contributed by atoms with van der Waals surface area (Å²) in [5.74, 6) is 0. The molecule has 3 heteroatoms. The lowest BCUT2D eigenvalue weighted by Gasteiger charge is -2.21. The fourth-order valence-corrected chi connectivity index (χ4v) is 2.42. The molecule has 0 bridgehead atoms. The number of aliphatic hydroxyl groups excluding tert-OH is 1. The predicted octanol–water partition coefficient (Wildman–Crippen LogP) is 3.53. The SMILES string of the molecule is CCNC(c1ccccc1)c1cc(Cl)ccc1CO. The van der Waals surface area contributed by atoms with Gasteiger partial charge in [0.25, 0.3) is 0 Å². The Morgan fingerprint density at radius 1 is 1.16 bits per heavy atom. The van der Waals surface area contributed by atoms with Crippen LogP contribution in [0.2, 0.25) is 5.02 Å². The summed E-state index contributed by atoms with van der Waals surface area (Å²) in [6, 6.07) is 15.9. The average Bonchev–Trinajstić information content (AvgIpc) is 2.45. The quantitative estimate of drug-likeness (QED) is 0.875. The largest absolute Gasteiger partial charge is 0.392 e. The minimum Gasteiger partial charge on any atom is -0.392 e. The van der Waals surface area contributed by atoms with Gasteiger partial charge in [0.1, 0.15) is 0 Å². The Hall–Kier alpha value is -1.35. The van der Waals surface area contributed by atoms with Gasteiger partial charge in [-0.25, -0.2) is 0 Å². The van der Waals surface area contributed by atoms with Gasteiger partial charge in [-0.05, 0) is 35.4 Å². The van der Waals surface area contributed by atoms with Crippen molar-refractivity contribution in [1.82, 2.24) is 5.32 Å². The first-order valence-corrected chi connectivity index (χ1v) is 6.81. The smallest absolute Gasteiger partial charge is 0.0685 e. The molecule has 2 rings (SSSR count). The van der Waals surface area contributed by atoms with Crippen LogP contribution in [0.5, 0.6) is 0 Å². The van der Waals surface area contributed by atoms with Crippen LogP contribution in [0.1, 0.15) is 29.7 Å². The van der Waals surface area contributed by atoms with Gasteiger partial charge in [-0.2, -0.15) is 0 Å². The van der Waals surface area contributed by atoms with Gasteiger partial charge in [0.05, 0.1) is 12.6 Å². The topological polar surface area (TPSA) is 32.3 Å². The minimum atomic E-state index is 0.0151. The van der Waals surface area contributed by atoms with Gasteiger partial charge in [0, 0.05) is 5.02 Å². The summed E-state index contributed by atoms with van der Waals surface area (Å²) in [6.45, 7) is 2.93. The zero-order valence-electron chi connectivity index (χ0n) is 10.9. The van der Waals surface area contributed by atoms with Crippen LogP contribution in [0, 0.1) is 0 Å². The molecule has 0 aromatic heterocycles. The molecule has 1 atom stereocenters. The second-order valence-corrected chi connectivity index (χ2v) is 4.84. The lowest BCUT2D eigenvalue weighted by Crippen LogP contribution is -2.23. The summed E-state index contributed by atoms with van der Waals surface area (Å²) in [4.78, 5) is 0. The fourth-order valence-electron chi connectivity index (χ4n) is 2.24. The van der Waals surface area contributed by atoms with Crippen molar-refractivity contribution in [1.29, 1.82) is 0 Å². The fraction of sp³-hybridized carbons (Fsp3) is 0.250. The molecule has 2 N–H and O–H groups in total. The molecule has 0 aliphatic carbocycles. The summed E-state index contributed by atoms with van der Waals surface area (Å²) in [5.41, 5.74) is 3.10. The van der Waals surface area contributed by atoms with Crippen LogP contribution in [0.25, 0.3) is 0 Å². The van der Waals surface area contributed by atoms with E-state index in [1.807, 2.05) is 36.4 Å². The standard InChI is InChI=1S/C16H18ClNO/c1-2-18-16(12-6-4-3-5-7-12)15-10-14(17)9-8-13(15)11-19/h3-10,16,18-19H,2,11H2,1H3. The minimum absolute atomic E-state index is 0.0151. The van der Waals surface area contributed by atoms with Crippen molar-refractivity contribution in [3.05, 3.63) is 70.2 Å². The number of hydrogen-bond donors (Lipinski definition) is 2. The number of hydrogen-bond acceptors (Lipinski definition) is 2. The Balaban J connectivity index is 2.47. The molecular formula is C16H18ClNO. The third-order valence-corrected chi connectivity index (χ3v) is 3.37. The maximum absolute atomic E-state index is 9.50. The third kappa shape index (κ3) is 3.35. The second-order valence-electron chi connectivity index (χ2n) is 4.40. The van der Waals surface area contributed by atoms with E-state index in [1.54, 1.807) is 0 Å². The van der Waals surface area contributed by atoms with Crippen LogP contribution in [0.4, 0.5) is 0 Å². The summed E-state index contributed by atoms with van der Waals surface area (Å²) in [7, 11) is 0. The van der Waals surface area contributed by atoms with E-state index in [9.17, 15) is 5.11 Å². The van der Waals surface area contributed by atoms with E-state index < -0.39 is 0 Å². The maximum Gasteiger partial charge on any atom is 0.0685 e. The highest BCUT2D eigenvalue weighted by Gasteiger charge is 2.16. The van der Waals surface area contributed by atoms with Crippen molar-refractivity contribution >= 4 is 11.6 Å². The molecule has 2 nitrogen and oxygen atoms in total. The summed E-state index contributed by atoms with van der Waals surface area (Å²) in [6.07, 6.45) is 0. The molecule has 0 spiro atoms.